The number of nitrogens with one attached hydrogen (secondary N) is 2. The number of carbonyl (C=O) groups is 2. The van der Waals surface area contributed by atoms with Crippen LogP contribution in [0.15, 0.2) is 60.9 Å². The zero-order valence-corrected chi connectivity index (χ0v) is 17.0. The summed E-state index contributed by atoms with van der Waals surface area (Å²) in [5, 5.41) is 9.45. The molecular formula is C22H17F3N6O2. The maximum Gasteiger partial charge on any atom is 0.410 e. The second kappa shape index (κ2) is 7.76. The molecule has 11 heteroatoms. The smallest absolute Gasteiger partial charge is 0.348 e. The largest absolute Gasteiger partial charge is 0.410 e. The van der Waals surface area contributed by atoms with Crippen LogP contribution in [0.25, 0.3) is 11.0 Å². The highest BCUT2D eigenvalue weighted by atomic mass is 19.4. The standard InChI is InChI=1S/C22H17F3N6O2/c23-22(24,25)18-10-26-21(33)17-8-14-6-7-16(29-19(14)31(17)18)20(32)28-15-9-27-30(12-15)11-13-4-2-1-3-5-13/h1-9,12,18H,10-11H2,(H,26,33)(H,28,32)/t18-/m0/s1. The fourth-order valence-electron chi connectivity index (χ4n) is 3.83. The number of pyridine rings is 1. The van der Waals surface area contributed by atoms with Crippen LogP contribution in [0.3, 0.4) is 0 Å². The molecule has 1 aliphatic rings. The highest BCUT2D eigenvalue weighted by Gasteiger charge is 2.45. The number of fused-ring (bicyclic) bond motifs is 3. The third kappa shape index (κ3) is 3.93. The van der Waals surface area contributed by atoms with Crippen molar-refractivity contribution >= 4 is 28.5 Å². The lowest BCUT2D eigenvalue weighted by atomic mass is 10.2. The first-order valence-electron chi connectivity index (χ1n) is 10.0. The molecule has 0 spiro atoms. The van der Waals surface area contributed by atoms with Crippen molar-refractivity contribution in [3.63, 3.8) is 0 Å². The molecule has 168 valence electrons. The summed E-state index contributed by atoms with van der Waals surface area (Å²) in [6, 6.07) is 11.9. The van der Waals surface area contributed by atoms with Crippen molar-refractivity contribution < 1.29 is 22.8 Å². The van der Waals surface area contributed by atoms with E-state index in [0.29, 0.717) is 17.6 Å². The van der Waals surface area contributed by atoms with E-state index in [0.717, 1.165) is 10.1 Å². The van der Waals surface area contributed by atoms with E-state index in [4.69, 9.17) is 0 Å². The van der Waals surface area contributed by atoms with Gasteiger partial charge in [0.1, 0.15) is 23.1 Å². The maximum absolute atomic E-state index is 13.6. The summed E-state index contributed by atoms with van der Waals surface area (Å²) in [7, 11) is 0. The molecule has 3 aromatic heterocycles. The molecule has 1 aromatic carbocycles. The number of alkyl halides is 3. The average Bonchev–Trinajstić information content (AvgIpc) is 3.38. The summed E-state index contributed by atoms with van der Waals surface area (Å²) in [5.74, 6) is -1.22. The van der Waals surface area contributed by atoms with Crippen molar-refractivity contribution in [3.8, 4) is 0 Å². The highest BCUT2D eigenvalue weighted by Crippen LogP contribution is 2.36. The normalized spacial score (nSPS) is 15.8. The van der Waals surface area contributed by atoms with Crippen LogP contribution in [0, 0.1) is 0 Å². The Balaban J connectivity index is 1.41. The quantitative estimate of drug-likeness (QED) is 0.495. The van der Waals surface area contributed by atoms with E-state index in [1.54, 1.807) is 10.9 Å². The van der Waals surface area contributed by atoms with Gasteiger partial charge in [-0.1, -0.05) is 30.3 Å². The Morgan fingerprint density at radius 1 is 1.18 bits per heavy atom. The number of halogens is 3. The number of amides is 2. The zero-order valence-electron chi connectivity index (χ0n) is 17.0. The maximum atomic E-state index is 13.6. The summed E-state index contributed by atoms with van der Waals surface area (Å²) in [6.45, 7) is -0.0874. The summed E-state index contributed by atoms with van der Waals surface area (Å²) in [6.07, 6.45) is -1.48. The number of aromatic nitrogens is 4. The molecule has 0 unspecified atom stereocenters. The van der Waals surface area contributed by atoms with E-state index in [-0.39, 0.29) is 17.0 Å². The third-order valence-corrected chi connectivity index (χ3v) is 5.37. The average molecular weight is 454 g/mol. The Labute approximate surface area is 185 Å². The lowest BCUT2D eigenvalue weighted by Gasteiger charge is -2.28. The first-order chi connectivity index (χ1) is 15.8. The van der Waals surface area contributed by atoms with Crippen molar-refractivity contribution in [2.75, 3.05) is 11.9 Å². The van der Waals surface area contributed by atoms with Crippen LogP contribution in [-0.2, 0) is 6.54 Å². The SMILES string of the molecule is O=C(Nc1cnn(Cc2ccccc2)c1)c1ccc2cc3n(c2n1)[C@H](C(F)(F)F)CNC3=O. The van der Waals surface area contributed by atoms with Crippen molar-refractivity contribution in [3.05, 3.63) is 77.9 Å². The van der Waals surface area contributed by atoms with Gasteiger partial charge in [-0.2, -0.15) is 18.3 Å². The molecule has 0 saturated carbocycles. The summed E-state index contributed by atoms with van der Waals surface area (Å²) in [5.41, 5.74) is 1.15. The Morgan fingerprint density at radius 2 is 1.97 bits per heavy atom. The van der Waals surface area contributed by atoms with Gasteiger partial charge in [0.05, 0.1) is 18.4 Å². The molecule has 5 rings (SSSR count). The van der Waals surface area contributed by atoms with E-state index >= 15 is 0 Å². The minimum atomic E-state index is -4.60. The van der Waals surface area contributed by atoms with Crippen LogP contribution in [0.5, 0.6) is 0 Å². The summed E-state index contributed by atoms with van der Waals surface area (Å²) in [4.78, 5) is 29.0. The van der Waals surface area contributed by atoms with E-state index in [1.165, 1.54) is 24.4 Å². The van der Waals surface area contributed by atoms with Crippen LogP contribution in [0.2, 0.25) is 0 Å². The van der Waals surface area contributed by atoms with Gasteiger partial charge in [-0.25, -0.2) is 4.98 Å². The molecule has 1 atom stereocenters. The first-order valence-corrected chi connectivity index (χ1v) is 10.0. The molecule has 0 radical (unpaired) electrons. The van der Waals surface area contributed by atoms with Crippen LogP contribution >= 0.6 is 0 Å². The topological polar surface area (TPSA) is 93.8 Å². The molecule has 0 saturated heterocycles. The predicted molar refractivity (Wildman–Crippen MR) is 113 cm³/mol. The number of hydrogen-bond donors (Lipinski definition) is 2. The second-order valence-electron chi connectivity index (χ2n) is 7.64. The molecule has 1 aliphatic heterocycles. The van der Waals surface area contributed by atoms with Gasteiger partial charge < -0.3 is 15.2 Å². The van der Waals surface area contributed by atoms with Gasteiger partial charge in [0.2, 0.25) is 0 Å². The van der Waals surface area contributed by atoms with Gasteiger partial charge >= 0.3 is 6.18 Å². The van der Waals surface area contributed by atoms with Crippen LogP contribution < -0.4 is 10.6 Å². The zero-order chi connectivity index (χ0) is 23.2. The first kappa shape index (κ1) is 20.7. The van der Waals surface area contributed by atoms with Gasteiger partial charge in [-0.15, -0.1) is 0 Å². The molecule has 4 aromatic rings. The third-order valence-electron chi connectivity index (χ3n) is 5.37. The summed E-state index contributed by atoms with van der Waals surface area (Å²) < 4.78 is 43.2. The number of rotatable bonds is 4. The van der Waals surface area contributed by atoms with Gasteiger partial charge in [-0.05, 0) is 23.8 Å². The van der Waals surface area contributed by atoms with Gasteiger partial charge in [-0.3, -0.25) is 14.3 Å². The molecule has 2 N–H and O–H groups in total. The minimum Gasteiger partial charge on any atom is -0.348 e. The summed E-state index contributed by atoms with van der Waals surface area (Å²) >= 11 is 0. The van der Waals surface area contributed by atoms with E-state index in [9.17, 15) is 22.8 Å². The number of hydrogen-bond acceptors (Lipinski definition) is 4. The minimum absolute atomic E-state index is 0.0744. The Bertz CT molecular complexity index is 1360. The molecule has 8 nitrogen and oxygen atoms in total. The fourth-order valence-corrected chi connectivity index (χ4v) is 3.83. The van der Waals surface area contributed by atoms with Gasteiger partial charge in [0, 0.05) is 18.1 Å². The van der Waals surface area contributed by atoms with E-state index < -0.39 is 30.6 Å². The number of anilines is 1. The molecule has 0 aliphatic carbocycles. The lowest BCUT2D eigenvalue weighted by Crippen LogP contribution is -2.44. The van der Waals surface area contributed by atoms with Crippen molar-refractivity contribution in [2.45, 2.75) is 18.8 Å². The Morgan fingerprint density at radius 3 is 2.73 bits per heavy atom. The highest BCUT2D eigenvalue weighted by molar-refractivity contribution is 6.04. The Kier molecular flexibility index (Phi) is 4.88. The molecule has 0 bridgehead atoms. The fraction of sp³-hybridized carbons (Fsp3) is 0.182. The van der Waals surface area contributed by atoms with Crippen LogP contribution in [0.4, 0.5) is 18.9 Å². The van der Waals surface area contributed by atoms with Crippen molar-refractivity contribution in [2.24, 2.45) is 0 Å². The molecule has 2 amide bonds. The van der Waals surface area contributed by atoms with Crippen LogP contribution in [-0.4, -0.2) is 43.9 Å². The van der Waals surface area contributed by atoms with Crippen molar-refractivity contribution in [1.82, 2.24) is 24.6 Å². The van der Waals surface area contributed by atoms with Gasteiger partial charge in [0.25, 0.3) is 11.8 Å². The molecule has 4 heterocycles. The van der Waals surface area contributed by atoms with Crippen molar-refractivity contribution in [1.29, 1.82) is 0 Å². The molecule has 33 heavy (non-hydrogen) atoms. The second-order valence-corrected chi connectivity index (χ2v) is 7.64. The molecule has 0 fully saturated rings. The monoisotopic (exact) mass is 454 g/mol. The van der Waals surface area contributed by atoms with E-state index in [2.05, 4.69) is 20.7 Å². The van der Waals surface area contributed by atoms with E-state index in [1.807, 2.05) is 30.3 Å². The molecular weight excluding hydrogens is 437 g/mol. The number of benzene rings is 1. The van der Waals surface area contributed by atoms with Gasteiger partial charge in [0.15, 0.2) is 0 Å². The number of nitrogens with zero attached hydrogens (tertiary/aromatic N) is 4. The predicted octanol–water partition coefficient (Wildman–Crippen LogP) is 3.38. The number of carbonyl (C=O) groups excluding carboxylic acids is 2. The van der Waals surface area contributed by atoms with Crippen LogP contribution in [0.1, 0.15) is 32.6 Å². The lowest BCUT2D eigenvalue weighted by molar-refractivity contribution is -0.166. The Hall–Kier alpha value is -4.15.